The van der Waals surface area contributed by atoms with Crippen molar-refractivity contribution in [1.82, 2.24) is 9.55 Å². The Hall–Kier alpha value is -2.45. The third kappa shape index (κ3) is 3.10. The summed E-state index contributed by atoms with van der Waals surface area (Å²) >= 11 is 8.54. The van der Waals surface area contributed by atoms with Crippen molar-refractivity contribution in [2.75, 3.05) is 14.2 Å². The SMILES string of the molecule is COc1ccc(C(=O)n2c(=S)[nH]c3ccc(Br)cc3c2=O)c(OC)c1. The second-order valence-electron chi connectivity index (χ2n) is 5.13. The summed E-state index contributed by atoms with van der Waals surface area (Å²) in [6.45, 7) is 0. The maximum atomic E-state index is 12.9. The van der Waals surface area contributed by atoms with Gasteiger partial charge in [0.1, 0.15) is 11.5 Å². The van der Waals surface area contributed by atoms with Crippen LogP contribution < -0.4 is 15.0 Å². The lowest BCUT2D eigenvalue weighted by Crippen LogP contribution is -2.29. The number of nitrogens with one attached hydrogen (secondary N) is 1. The summed E-state index contributed by atoms with van der Waals surface area (Å²) in [5.41, 5.74) is 0.270. The van der Waals surface area contributed by atoms with Gasteiger partial charge >= 0.3 is 0 Å². The Balaban J connectivity index is 2.25. The topological polar surface area (TPSA) is 73.3 Å². The lowest BCUT2D eigenvalue weighted by atomic mass is 10.1. The lowest BCUT2D eigenvalue weighted by Gasteiger charge is -2.11. The van der Waals surface area contributed by atoms with Crippen LogP contribution in [0.1, 0.15) is 10.4 Å². The molecule has 0 radical (unpaired) electrons. The Morgan fingerprint density at radius 3 is 2.60 bits per heavy atom. The molecule has 1 aromatic heterocycles. The standard InChI is InChI=1S/C17H13BrN2O4S/c1-23-10-4-5-11(14(8-10)24-2)15(21)20-16(22)12-7-9(18)3-6-13(12)19-17(20)25/h3-8H,1-2H3,(H,19,25). The summed E-state index contributed by atoms with van der Waals surface area (Å²) < 4.78 is 12.0. The number of methoxy groups -OCH3 is 2. The lowest BCUT2D eigenvalue weighted by molar-refractivity contribution is 0.0950. The molecule has 6 nitrogen and oxygen atoms in total. The second kappa shape index (κ2) is 6.81. The maximum Gasteiger partial charge on any atom is 0.270 e. The number of aromatic amines is 1. The highest BCUT2D eigenvalue weighted by molar-refractivity contribution is 9.10. The average Bonchev–Trinajstić information content (AvgIpc) is 2.61. The molecular weight excluding hydrogens is 408 g/mol. The highest BCUT2D eigenvalue weighted by atomic mass is 79.9. The van der Waals surface area contributed by atoms with Crippen molar-refractivity contribution in [2.45, 2.75) is 0 Å². The highest BCUT2D eigenvalue weighted by Crippen LogP contribution is 2.25. The van der Waals surface area contributed by atoms with Crippen molar-refractivity contribution in [1.29, 1.82) is 0 Å². The van der Waals surface area contributed by atoms with Gasteiger partial charge in [-0.05, 0) is 42.5 Å². The van der Waals surface area contributed by atoms with E-state index in [4.69, 9.17) is 21.7 Å². The van der Waals surface area contributed by atoms with Gasteiger partial charge in [-0.25, -0.2) is 4.57 Å². The molecule has 3 aromatic rings. The highest BCUT2D eigenvalue weighted by Gasteiger charge is 2.19. The van der Waals surface area contributed by atoms with E-state index >= 15 is 0 Å². The average molecular weight is 421 g/mol. The van der Waals surface area contributed by atoms with Crippen molar-refractivity contribution in [3.63, 3.8) is 0 Å². The number of ether oxygens (including phenoxy) is 2. The van der Waals surface area contributed by atoms with Crippen molar-refractivity contribution in [3.05, 3.63) is 61.6 Å². The van der Waals surface area contributed by atoms with E-state index in [1.165, 1.54) is 20.3 Å². The largest absolute Gasteiger partial charge is 0.497 e. The monoisotopic (exact) mass is 420 g/mol. The number of carbonyl (C=O) groups excluding carboxylic acids is 1. The van der Waals surface area contributed by atoms with Gasteiger partial charge in [-0.2, -0.15) is 0 Å². The minimum Gasteiger partial charge on any atom is -0.497 e. The van der Waals surface area contributed by atoms with Gasteiger partial charge < -0.3 is 14.5 Å². The van der Waals surface area contributed by atoms with Gasteiger partial charge in [-0.1, -0.05) is 15.9 Å². The first-order valence-corrected chi connectivity index (χ1v) is 8.37. The van der Waals surface area contributed by atoms with Gasteiger partial charge in [0.05, 0.1) is 30.7 Å². The van der Waals surface area contributed by atoms with Crippen LogP contribution in [0.25, 0.3) is 10.9 Å². The first kappa shape index (κ1) is 17.4. The predicted molar refractivity (Wildman–Crippen MR) is 100 cm³/mol. The van der Waals surface area contributed by atoms with Gasteiger partial charge in [0.25, 0.3) is 11.5 Å². The number of aromatic nitrogens is 2. The van der Waals surface area contributed by atoms with Gasteiger partial charge in [0, 0.05) is 10.5 Å². The minimum absolute atomic E-state index is 0.0164. The number of H-pyrrole nitrogens is 1. The molecule has 0 unspecified atom stereocenters. The maximum absolute atomic E-state index is 12.9. The third-order valence-corrected chi connectivity index (χ3v) is 4.48. The molecule has 0 spiro atoms. The number of nitrogens with zero attached hydrogens (tertiary/aromatic N) is 1. The molecule has 0 aliphatic rings. The molecule has 1 heterocycles. The molecule has 2 aromatic carbocycles. The zero-order chi connectivity index (χ0) is 18.1. The van der Waals surface area contributed by atoms with Gasteiger partial charge in [-0.15, -0.1) is 0 Å². The molecule has 0 aliphatic carbocycles. The summed E-state index contributed by atoms with van der Waals surface area (Å²) in [6.07, 6.45) is 0. The van der Waals surface area contributed by atoms with E-state index in [9.17, 15) is 9.59 Å². The van der Waals surface area contributed by atoms with Crippen molar-refractivity contribution in [2.24, 2.45) is 0 Å². The molecule has 0 amide bonds. The minimum atomic E-state index is -0.576. The zero-order valence-electron chi connectivity index (χ0n) is 13.3. The Morgan fingerprint density at radius 2 is 1.92 bits per heavy atom. The van der Waals surface area contributed by atoms with Crippen LogP contribution in [-0.4, -0.2) is 29.7 Å². The summed E-state index contributed by atoms with van der Waals surface area (Å²) in [7, 11) is 2.95. The Bertz CT molecular complexity index is 1100. The molecule has 0 fully saturated rings. The van der Waals surface area contributed by atoms with E-state index in [0.29, 0.717) is 22.4 Å². The quantitative estimate of drug-likeness (QED) is 0.656. The molecule has 1 N–H and O–H groups in total. The molecule has 0 aliphatic heterocycles. The summed E-state index contributed by atoms with van der Waals surface area (Å²) in [6, 6.07) is 9.86. The molecule has 0 atom stereocenters. The van der Waals surface area contributed by atoms with E-state index < -0.39 is 11.5 Å². The van der Waals surface area contributed by atoms with Crippen LogP contribution >= 0.6 is 28.1 Å². The number of hydrogen-bond donors (Lipinski definition) is 1. The summed E-state index contributed by atoms with van der Waals surface area (Å²) in [5.74, 6) is 0.251. The third-order valence-electron chi connectivity index (χ3n) is 3.70. The number of benzene rings is 2. The zero-order valence-corrected chi connectivity index (χ0v) is 15.7. The van der Waals surface area contributed by atoms with Crippen molar-refractivity contribution < 1.29 is 14.3 Å². The summed E-state index contributed by atoms with van der Waals surface area (Å²) in [4.78, 5) is 28.7. The van der Waals surface area contributed by atoms with E-state index in [2.05, 4.69) is 20.9 Å². The van der Waals surface area contributed by atoms with Crippen LogP contribution in [0.4, 0.5) is 0 Å². The first-order chi connectivity index (χ1) is 12.0. The normalized spacial score (nSPS) is 10.7. The van der Waals surface area contributed by atoms with E-state index in [-0.39, 0.29) is 10.3 Å². The van der Waals surface area contributed by atoms with Crippen LogP contribution in [0.2, 0.25) is 0 Å². The van der Waals surface area contributed by atoms with Crippen LogP contribution in [0, 0.1) is 4.77 Å². The van der Waals surface area contributed by atoms with Crippen molar-refractivity contribution in [3.8, 4) is 11.5 Å². The van der Waals surface area contributed by atoms with Gasteiger partial charge in [0.15, 0.2) is 4.77 Å². The molecule has 25 heavy (non-hydrogen) atoms. The smallest absolute Gasteiger partial charge is 0.270 e. The number of hydrogen-bond acceptors (Lipinski definition) is 5. The number of rotatable bonds is 3. The number of fused-ring (bicyclic) bond motifs is 1. The van der Waals surface area contributed by atoms with E-state index in [0.717, 1.165) is 9.04 Å². The first-order valence-electron chi connectivity index (χ1n) is 7.17. The van der Waals surface area contributed by atoms with Crippen LogP contribution in [-0.2, 0) is 0 Å². The van der Waals surface area contributed by atoms with Crippen LogP contribution in [0.3, 0.4) is 0 Å². The molecule has 8 heteroatoms. The molecule has 0 saturated heterocycles. The van der Waals surface area contributed by atoms with Crippen LogP contribution in [0.5, 0.6) is 11.5 Å². The molecule has 0 bridgehead atoms. The molecular formula is C17H13BrN2O4S. The molecule has 0 saturated carbocycles. The summed E-state index contributed by atoms with van der Waals surface area (Å²) in [5, 5.41) is 0.351. The number of halogens is 1. The molecule has 128 valence electrons. The van der Waals surface area contributed by atoms with Gasteiger partial charge in [-0.3, -0.25) is 9.59 Å². The van der Waals surface area contributed by atoms with E-state index in [1.54, 1.807) is 30.3 Å². The Kier molecular flexibility index (Phi) is 4.73. The fraction of sp³-hybridized carbons (Fsp3) is 0.118. The fourth-order valence-electron chi connectivity index (χ4n) is 2.47. The van der Waals surface area contributed by atoms with Crippen LogP contribution in [0.15, 0.2) is 45.7 Å². The Morgan fingerprint density at radius 1 is 1.16 bits per heavy atom. The van der Waals surface area contributed by atoms with Crippen molar-refractivity contribution >= 4 is 45.0 Å². The molecule has 3 rings (SSSR count). The van der Waals surface area contributed by atoms with Gasteiger partial charge in [0.2, 0.25) is 0 Å². The van der Waals surface area contributed by atoms with E-state index in [1.807, 2.05) is 0 Å². The Labute approximate surface area is 156 Å². The second-order valence-corrected chi connectivity index (χ2v) is 6.43. The number of carbonyl (C=O) groups is 1. The predicted octanol–water partition coefficient (Wildman–Crippen LogP) is 3.53. The fourth-order valence-corrected chi connectivity index (χ4v) is 3.10.